The van der Waals surface area contributed by atoms with Gasteiger partial charge in [-0.15, -0.1) is 0 Å². The lowest BCUT2D eigenvalue weighted by atomic mass is 10.0. The van der Waals surface area contributed by atoms with E-state index in [1.807, 2.05) is 30.3 Å². The van der Waals surface area contributed by atoms with Crippen molar-refractivity contribution < 1.29 is 4.74 Å². The maximum atomic E-state index is 6.01. The molecule has 0 aliphatic heterocycles. The second-order valence-corrected chi connectivity index (χ2v) is 5.08. The number of ether oxygens (including phenoxy) is 1. The van der Waals surface area contributed by atoms with Crippen molar-refractivity contribution in [2.75, 3.05) is 6.54 Å². The number of benzene rings is 3. The number of rotatable bonds is 5. The van der Waals surface area contributed by atoms with Crippen molar-refractivity contribution in [1.82, 2.24) is 0 Å². The second-order valence-electron chi connectivity index (χ2n) is 5.08. The smallest absolute Gasteiger partial charge is 0.127 e. The number of hydrogen-bond donors (Lipinski definition) is 1. The highest BCUT2D eigenvalue weighted by atomic mass is 16.5. The van der Waals surface area contributed by atoms with Crippen LogP contribution < -0.4 is 10.5 Å². The molecule has 0 aliphatic carbocycles. The van der Waals surface area contributed by atoms with Crippen molar-refractivity contribution in [1.29, 1.82) is 0 Å². The SMILES string of the molecule is NCCc1cccc2c(OCc3ccccc3)cccc12. The van der Waals surface area contributed by atoms with Crippen LogP contribution in [0, 0.1) is 0 Å². The highest BCUT2D eigenvalue weighted by Gasteiger charge is 2.05. The van der Waals surface area contributed by atoms with Crippen molar-refractivity contribution in [3.05, 3.63) is 77.9 Å². The predicted octanol–water partition coefficient (Wildman–Crippen LogP) is 3.92. The first-order valence-corrected chi connectivity index (χ1v) is 7.26. The summed E-state index contributed by atoms with van der Waals surface area (Å²) >= 11 is 0. The van der Waals surface area contributed by atoms with Gasteiger partial charge in [-0.3, -0.25) is 0 Å². The van der Waals surface area contributed by atoms with Crippen LogP contribution >= 0.6 is 0 Å². The van der Waals surface area contributed by atoms with Gasteiger partial charge in [-0.25, -0.2) is 0 Å². The van der Waals surface area contributed by atoms with E-state index in [1.54, 1.807) is 0 Å². The Morgan fingerprint density at radius 2 is 1.52 bits per heavy atom. The molecule has 0 heterocycles. The first kappa shape index (κ1) is 13.7. The van der Waals surface area contributed by atoms with Crippen molar-refractivity contribution in [2.45, 2.75) is 13.0 Å². The average molecular weight is 277 g/mol. The molecule has 3 rings (SSSR count). The molecule has 0 radical (unpaired) electrons. The Balaban J connectivity index is 1.90. The minimum atomic E-state index is 0.584. The van der Waals surface area contributed by atoms with E-state index in [4.69, 9.17) is 10.5 Å². The molecule has 0 unspecified atom stereocenters. The van der Waals surface area contributed by atoms with E-state index in [0.29, 0.717) is 13.2 Å². The minimum absolute atomic E-state index is 0.584. The van der Waals surface area contributed by atoms with E-state index in [-0.39, 0.29) is 0 Å². The Labute approximate surface area is 125 Å². The molecule has 3 aromatic carbocycles. The van der Waals surface area contributed by atoms with Gasteiger partial charge >= 0.3 is 0 Å². The summed E-state index contributed by atoms with van der Waals surface area (Å²) in [7, 11) is 0. The molecule has 0 saturated heterocycles. The van der Waals surface area contributed by atoms with Gasteiger partial charge < -0.3 is 10.5 Å². The third-order valence-electron chi connectivity index (χ3n) is 3.62. The normalized spacial score (nSPS) is 10.7. The lowest BCUT2D eigenvalue weighted by molar-refractivity contribution is 0.310. The molecule has 0 aliphatic rings. The molecular formula is C19H19NO. The van der Waals surface area contributed by atoms with Gasteiger partial charge in [0.25, 0.3) is 0 Å². The van der Waals surface area contributed by atoms with Gasteiger partial charge in [-0.05, 0) is 35.5 Å². The van der Waals surface area contributed by atoms with Gasteiger partial charge in [-0.2, -0.15) is 0 Å². The van der Waals surface area contributed by atoms with Gasteiger partial charge in [0.1, 0.15) is 12.4 Å². The van der Waals surface area contributed by atoms with Gasteiger partial charge in [0, 0.05) is 5.39 Å². The fraction of sp³-hybridized carbons (Fsp3) is 0.158. The second kappa shape index (κ2) is 6.42. The molecule has 2 N–H and O–H groups in total. The molecule has 2 nitrogen and oxygen atoms in total. The fourth-order valence-corrected chi connectivity index (χ4v) is 2.58. The van der Waals surface area contributed by atoms with Crippen molar-refractivity contribution in [2.24, 2.45) is 5.73 Å². The maximum absolute atomic E-state index is 6.01. The first-order chi connectivity index (χ1) is 10.4. The molecule has 0 bridgehead atoms. The van der Waals surface area contributed by atoms with E-state index >= 15 is 0 Å². The van der Waals surface area contributed by atoms with Crippen LogP contribution in [-0.2, 0) is 13.0 Å². The van der Waals surface area contributed by atoms with Crippen LogP contribution in [0.25, 0.3) is 10.8 Å². The summed E-state index contributed by atoms with van der Waals surface area (Å²) in [6.07, 6.45) is 0.888. The van der Waals surface area contributed by atoms with Crippen LogP contribution in [0.2, 0.25) is 0 Å². The molecular weight excluding hydrogens is 258 g/mol. The topological polar surface area (TPSA) is 35.2 Å². The van der Waals surface area contributed by atoms with E-state index in [9.17, 15) is 0 Å². The Bertz CT molecular complexity index is 722. The summed E-state index contributed by atoms with van der Waals surface area (Å²) in [5.41, 5.74) is 8.14. The maximum Gasteiger partial charge on any atom is 0.127 e. The Hall–Kier alpha value is -2.32. The minimum Gasteiger partial charge on any atom is -0.488 e. The van der Waals surface area contributed by atoms with Crippen molar-refractivity contribution in [3.8, 4) is 5.75 Å². The number of nitrogens with two attached hydrogens (primary N) is 1. The average Bonchev–Trinajstić information content (AvgIpc) is 2.54. The summed E-state index contributed by atoms with van der Waals surface area (Å²) in [6, 6.07) is 22.7. The van der Waals surface area contributed by atoms with Crippen molar-refractivity contribution >= 4 is 10.8 Å². The van der Waals surface area contributed by atoms with Crippen molar-refractivity contribution in [3.63, 3.8) is 0 Å². The zero-order valence-electron chi connectivity index (χ0n) is 12.0. The zero-order valence-corrected chi connectivity index (χ0v) is 12.0. The van der Waals surface area contributed by atoms with Crippen LogP contribution in [0.3, 0.4) is 0 Å². The molecule has 0 spiro atoms. The summed E-state index contributed by atoms with van der Waals surface area (Å²) in [5, 5.41) is 2.38. The Kier molecular flexibility index (Phi) is 4.17. The summed E-state index contributed by atoms with van der Waals surface area (Å²) in [6.45, 7) is 1.25. The first-order valence-electron chi connectivity index (χ1n) is 7.26. The third-order valence-corrected chi connectivity index (χ3v) is 3.62. The summed E-state index contributed by atoms with van der Waals surface area (Å²) in [5.74, 6) is 0.926. The van der Waals surface area contributed by atoms with Crippen LogP contribution in [0.5, 0.6) is 5.75 Å². The molecule has 0 fully saturated rings. The number of fused-ring (bicyclic) bond motifs is 1. The van der Waals surface area contributed by atoms with E-state index < -0.39 is 0 Å². The van der Waals surface area contributed by atoms with E-state index in [2.05, 4.69) is 36.4 Å². The molecule has 0 saturated carbocycles. The third kappa shape index (κ3) is 3.06. The largest absolute Gasteiger partial charge is 0.488 e. The van der Waals surface area contributed by atoms with Gasteiger partial charge in [0.15, 0.2) is 0 Å². The van der Waals surface area contributed by atoms with Crippen LogP contribution in [0.4, 0.5) is 0 Å². The van der Waals surface area contributed by atoms with E-state index in [1.165, 1.54) is 16.5 Å². The number of hydrogen-bond acceptors (Lipinski definition) is 2. The molecule has 0 aromatic heterocycles. The van der Waals surface area contributed by atoms with Gasteiger partial charge in [-0.1, -0.05) is 60.7 Å². The highest BCUT2D eigenvalue weighted by molar-refractivity contribution is 5.91. The molecule has 21 heavy (non-hydrogen) atoms. The fourth-order valence-electron chi connectivity index (χ4n) is 2.58. The molecule has 0 amide bonds. The quantitative estimate of drug-likeness (QED) is 0.767. The highest BCUT2D eigenvalue weighted by Crippen LogP contribution is 2.28. The van der Waals surface area contributed by atoms with Crippen LogP contribution in [-0.4, -0.2) is 6.54 Å². The van der Waals surface area contributed by atoms with Crippen LogP contribution in [0.1, 0.15) is 11.1 Å². The Morgan fingerprint density at radius 3 is 2.33 bits per heavy atom. The predicted molar refractivity (Wildman–Crippen MR) is 87.5 cm³/mol. The van der Waals surface area contributed by atoms with Crippen LogP contribution in [0.15, 0.2) is 66.7 Å². The molecule has 2 heteroatoms. The Morgan fingerprint density at radius 1 is 0.762 bits per heavy atom. The van der Waals surface area contributed by atoms with Gasteiger partial charge in [0.05, 0.1) is 0 Å². The monoisotopic (exact) mass is 277 g/mol. The molecule has 3 aromatic rings. The molecule has 106 valence electrons. The summed E-state index contributed by atoms with van der Waals surface area (Å²) < 4.78 is 6.01. The van der Waals surface area contributed by atoms with Gasteiger partial charge in [0.2, 0.25) is 0 Å². The standard InChI is InChI=1S/C19H19NO/c20-13-12-16-8-4-10-18-17(16)9-5-11-19(18)21-14-15-6-2-1-3-7-15/h1-11H,12-14,20H2. The van der Waals surface area contributed by atoms with E-state index in [0.717, 1.165) is 17.6 Å². The molecule has 0 atom stereocenters. The lowest BCUT2D eigenvalue weighted by Gasteiger charge is -2.11. The zero-order chi connectivity index (χ0) is 14.5. The lowest BCUT2D eigenvalue weighted by Crippen LogP contribution is -2.03. The summed E-state index contributed by atoms with van der Waals surface area (Å²) in [4.78, 5) is 0.